The number of aromatic nitrogens is 1. The second-order valence-corrected chi connectivity index (χ2v) is 8.60. The molecular weight excluding hydrogens is 396 g/mol. The number of benzene rings is 2. The normalized spacial score (nSPS) is 19.1. The Kier molecular flexibility index (Phi) is 6.25. The van der Waals surface area contributed by atoms with Gasteiger partial charge >= 0.3 is 0 Å². The number of rotatable bonds is 5. The van der Waals surface area contributed by atoms with Gasteiger partial charge in [0.15, 0.2) is 0 Å². The van der Waals surface area contributed by atoms with Gasteiger partial charge in [0, 0.05) is 24.5 Å². The zero-order valence-corrected chi connectivity index (χ0v) is 18.3. The minimum Gasteiger partial charge on any atom is -0.497 e. The van der Waals surface area contributed by atoms with Crippen LogP contribution in [0.15, 0.2) is 59.6 Å². The van der Waals surface area contributed by atoms with E-state index in [1.807, 2.05) is 55.1 Å². The van der Waals surface area contributed by atoms with Crippen LogP contribution in [-0.4, -0.2) is 54.0 Å². The summed E-state index contributed by atoms with van der Waals surface area (Å²) in [6.45, 7) is 5.30. The van der Waals surface area contributed by atoms with Crippen molar-refractivity contribution in [2.45, 2.75) is 31.1 Å². The lowest BCUT2D eigenvalue weighted by molar-refractivity contribution is -0.140. The summed E-state index contributed by atoms with van der Waals surface area (Å²) in [5.41, 5.74) is 3.09. The average molecular weight is 423 g/mol. The molecule has 1 saturated heterocycles. The van der Waals surface area contributed by atoms with E-state index in [2.05, 4.69) is 18.2 Å². The molecule has 5 nitrogen and oxygen atoms in total. The fourth-order valence-electron chi connectivity index (χ4n) is 3.85. The summed E-state index contributed by atoms with van der Waals surface area (Å²) in [5.74, 6) is 1.25. The maximum absolute atomic E-state index is 12.8. The Balaban J connectivity index is 1.61. The maximum atomic E-state index is 12.8. The monoisotopic (exact) mass is 422 g/mol. The molecule has 1 amide bonds. The van der Waals surface area contributed by atoms with E-state index < -0.39 is 0 Å². The molecule has 30 heavy (non-hydrogen) atoms. The predicted molar refractivity (Wildman–Crippen MR) is 121 cm³/mol. The van der Waals surface area contributed by atoms with Gasteiger partial charge in [-0.05, 0) is 43.2 Å². The first kappa shape index (κ1) is 20.7. The largest absolute Gasteiger partial charge is 0.497 e. The first-order valence-electron chi connectivity index (χ1n) is 10.1. The topological polar surface area (TPSA) is 51.7 Å². The summed E-state index contributed by atoms with van der Waals surface area (Å²) in [6.07, 6.45) is 0.136. The number of amides is 1. The van der Waals surface area contributed by atoms with Crippen LogP contribution in [0.2, 0.25) is 0 Å². The van der Waals surface area contributed by atoms with Gasteiger partial charge in [-0.1, -0.05) is 42.1 Å². The number of morpholine rings is 1. The third-order valence-electron chi connectivity index (χ3n) is 5.19. The molecule has 156 valence electrons. The molecule has 1 aliphatic rings. The van der Waals surface area contributed by atoms with Gasteiger partial charge in [0.2, 0.25) is 5.91 Å². The Bertz CT molecular complexity index is 1030. The molecule has 1 aliphatic heterocycles. The number of carbonyl (C=O) groups excluding carboxylic acids is 1. The molecule has 2 heterocycles. The molecule has 0 N–H and O–H groups in total. The lowest BCUT2D eigenvalue weighted by Gasteiger charge is -2.35. The average Bonchev–Trinajstić information content (AvgIpc) is 2.76. The first-order valence-corrected chi connectivity index (χ1v) is 11.1. The molecule has 3 aromatic rings. The van der Waals surface area contributed by atoms with E-state index in [-0.39, 0.29) is 18.1 Å². The Morgan fingerprint density at radius 2 is 1.87 bits per heavy atom. The third-order valence-corrected chi connectivity index (χ3v) is 6.09. The highest BCUT2D eigenvalue weighted by atomic mass is 32.2. The van der Waals surface area contributed by atoms with Crippen molar-refractivity contribution in [2.75, 3.05) is 26.0 Å². The highest BCUT2D eigenvalue weighted by Gasteiger charge is 2.25. The van der Waals surface area contributed by atoms with E-state index in [1.54, 1.807) is 7.11 Å². The quantitative estimate of drug-likeness (QED) is 0.561. The maximum Gasteiger partial charge on any atom is 0.233 e. The van der Waals surface area contributed by atoms with Gasteiger partial charge in [0.25, 0.3) is 0 Å². The van der Waals surface area contributed by atoms with Crippen LogP contribution in [0.25, 0.3) is 22.0 Å². The zero-order chi connectivity index (χ0) is 21.1. The number of hydrogen-bond acceptors (Lipinski definition) is 5. The van der Waals surface area contributed by atoms with Crippen molar-refractivity contribution in [1.29, 1.82) is 0 Å². The number of methoxy groups -OCH3 is 1. The molecule has 0 unspecified atom stereocenters. The van der Waals surface area contributed by atoms with Crippen LogP contribution < -0.4 is 4.74 Å². The number of thioether (sulfide) groups is 1. The summed E-state index contributed by atoms with van der Waals surface area (Å²) in [4.78, 5) is 19.5. The van der Waals surface area contributed by atoms with Crippen molar-refractivity contribution in [1.82, 2.24) is 9.88 Å². The van der Waals surface area contributed by atoms with E-state index in [1.165, 1.54) is 11.8 Å². The van der Waals surface area contributed by atoms with Crippen molar-refractivity contribution in [3.8, 4) is 16.9 Å². The van der Waals surface area contributed by atoms with Gasteiger partial charge in [0.05, 0.1) is 35.6 Å². The van der Waals surface area contributed by atoms with Crippen LogP contribution in [0.1, 0.15) is 13.8 Å². The second kappa shape index (κ2) is 9.06. The summed E-state index contributed by atoms with van der Waals surface area (Å²) < 4.78 is 11.1. The van der Waals surface area contributed by atoms with Crippen LogP contribution in [0, 0.1) is 0 Å². The summed E-state index contributed by atoms with van der Waals surface area (Å²) in [6, 6.07) is 18.3. The number of hydrogen-bond donors (Lipinski definition) is 0. The van der Waals surface area contributed by atoms with E-state index in [0.717, 1.165) is 32.8 Å². The van der Waals surface area contributed by atoms with Crippen LogP contribution in [0.4, 0.5) is 0 Å². The molecule has 1 fully saturated rings. The highest BCUT2D eigenvalue weighted by molar-refractivity contribution is 7.99. The van der Waals surface area contributed by atoms with E-state index in [9.17, 15) is 4.79 Å². The Hall–Kier alpha value is -2.57. The summed E-state index contributed by atoms with van der Waals surface area (Å²) >= 11 is 1.48. The summed E-state index contributed by atoms with van der Waals surface area (Å²) in [5, 5.41) is 1.89. The molecule has 4 rings (SSSR count). The number of ether oxygens (including phenoxy) is 2. The van der Waals surface area contributed by atoms with Crippen molar-refractivity contribution in [3.63, 3.8) is 0 Å². The van der Waals surface area contributed by atoms with Gasteiger partial charge < -0.3 is 14.4 Å². The Morgan fingerprint density at radius 3 is 2.57 bits per heavy atom. The first-order chi connectivity index (χ1) is 14.5. The zero-order valence-electron chi connectivity index (χ0n) is 17.5. The molecule has 1 aromatic heterocycles. The van der Waals surface area contributed by atoms with Crippen molar-refractivity contribution in [2.24, 2.45) is 0 Å². The SMILES string of the molecule is COc1ccc2c(-c3ccccc3)cc(SCC(=O)N3C[C@@H](C)O[C@@H](C)C3)nc2c1. The van der Waals surface area contributed by atoms with Crippen LogP contribution >= 0.6 is 11.8 Å². The molecule has 0 bridgehead atoms. The highest BCUT2D eigenvalue weighted by Crippen LogP contribution is 2.33. The van der Waals surface area contributed by atoms with E-state index >= 15 is 0 Å². The number of fused-ring (bicyclic) bond motifs is 1. The van der Waals surface area contributed by atoms with Crippen molar-refractivity contribution < 1.29 is 14.3 Å². The fourth-order valence-corrected chi connectivity index (χ4v) is 4.67. The summed E-state index contributed by atoms with van der Waals surface area (Å²) in [7, 11) is 1.65. The standard InChI is InChI=1S/C24H26N2O3S/c1-16-13-26(14-17(2)29-16)24(27)15-30-23-12-21(18-7-5-4-6-8-18)20-10-9-19(28-3)11-22(20)25-23/h4-12,16-17H,13-15H2,1-3H3/t16-,17+. The minimum atomic E-state index is 0.0682. The van der Waals surface area contributed by atoms with Crippen molar-refractivity contribution in [3.05, 3.63) is 54.6 Å². The van der Waals surface area contributed by atoms with Gasteiger partial charge in [-0.15, -0.1) is 0 Å². The molecule has 0 radical (unpaired) electrons. The smallest absolute Gasteiger partial charge is 0.233 e. The fraction of sp³-hybridized carbons (Fsp3) is 0.333. The van der Waals surface area contributed by atoms with Crippen LogP contribution in [0.3, 0.4) is 0 Å². The molecule has 0 aliphatic carbocycles. The second-order valence-electron chi connectivity index (χ2n) is 7.60. The van der Waals surface area contributed by atoms with Crippen molar-refractivity contribution >= 4 is 28.6 Å². The number of nitrogens with zero attached hydrogens (tertiary/aromatic N) is 2. The van der Waals surface area contributed by atoms with Gasteiger partial charge in [-0.3, -0.25) is 4.79 Å². The molecular formula is C24H26N2O3S. The molecule has 2 aromatic carbocycles. The lowest BCUT2D eigenvalue weighted by Crippen LogP contribution is -2.48. The number of pyridine rings is 1. The molecule has 2 atom stereocenters. The van der Waals surface area contributed by atoms with E-state index in [0.29, 0.717) is 18.8 Å². The van der Waals surface area contributed by atoms with Gasteiger partial charge in [0.1, 0.15) is 5.75 Å². The number of carbonyl (C=O) groups is 1. The molecule has 0 saturated carbocycles. The van der Waals surface area contributed by atoms with Gasteiger partial charge in [-0.2, -0.15) is 0 Å². The Morgan fingerprint density at radius 1 is 1.13 bits per heavy atom. The van der Waals surface area contributed by atoms with Crippen LogP contribution in [0.5, 0.6) is 5.75 Å². The third kappa shape index (κ3) is 4.60. The van der Waals surface area contributed by atoms with Gasteiger partial charge in [-0.25, -0.2) is 4.98 Å². The minimum absolute atomic E-state index is 0.0682. The Labute approximate surface area is 181 Å². The van der Waals surface area contributed by atoms with Crippen LogP contribution in [-0.2, 0) is 9.53 Å². The lowest BCUT2D eigenvalue weighted by atomic mass is 10.0. The molecule has 6 heteroatoms. The molecule has 0 spiro atoms. The predicted octanol–water partition coefficient (Wildman–Crippen LogP) is 4.64. The van der Waals surface area contributed by atoms with E-state index in [4.69, 9.17) is 14.5 Å².